The van der Waals surface area contributed by atoms with Crippen molar-refractivity contribution in [2.45, 2.75) is 19.5 Å². The van der Waals surface area contributed by atoms with Gasteiger partial charge in [0, 0.05) is 7.05 Å². The van der Waals surface area contributed by atoms with Crippen molar-refractivity contribution in [2.75, 3.05) is 26.0 Å². The van der Waals surface area contributed by atoms with Crippen LogP contribution in [-0.2, 0) is 4.79 Å². The van der Waals surface area contributed by atoms with Crippen LogP contribution in [0.4, 0.5) is 10.5 Å². The van der Waals surface area contributed by atoms with Gasteiger partial charge in [-0.25, -0.2) is 9.69 Å². The maximum absolute atomic E-state index is 12.3. The maximum atomic E-state index is 12.3. The molecule has 1 aromatic carbocycles. The summed E-state index contributed by atoms with van der Waals surface area (Å²) in [7, 11) is 5.48. The normalized spacial score (nSPS) is 12.1. The Balaban J connectivity index is 2.93. The van der Waals surface area contributed by atoms with Gasteiger partial charge in [-0.2, -0.15) is 0 Å². The monoisotopic (exact) mass is 262 g/mol. The van der Waals surface area contributed by atoms with E-state index in [1.807, 2.05) is 32.0 Å². The minimum absolute atomic E-state index is 0.0629. The van der Waals surface area contributed by atoms with Gasteiger partial charge in [0.25, 0.3) is 0 Å². The first-order valence-corrected chi connectivity index (χ1v) is 6.19. The third-order valence-electron chi connectivity index (χ3n) is 3.01. The van der Waals surface area contributed by atoms with Crippen LogP contribution in [-0.4, -0.2) is 49.5 Å². The minimum Gasteiger partial charge on any atom is -0.311 e. The summed E-state index contributed by atoms with van der Waals surface area (Å²) in [5, 5.41) is 0. The van der Waals surface area contributed by atoms with E-state index in [0.29, 0.717) is 5.69 Å². The standard InChI is InChI=1S/C14H20N3O2/c1-5-13(15(2)3)16(4)14(19)17(11-18)12-9-7-6-8-10-12/h6-10,13H,5H2,1-4H3. The molecule has 1 atom stereocenters. The summed E-state index contributed by atoms with van der Waals surface area (Å²) in [5.74, 6) is 0. The number of imide groups is 1. The van der Waals surface area contributed by atoms with Crippen LogP contribution < -0.4 is 4.90 Å². The molecule has 1 rings (SSSR count). The molecule has 103 valence electrons. The van der Waals surface area contributed by atoms with E-state index < -0.39 is 0 Å². The lowest BCUT2D eigenvalue weighted by Gasteiger charge is -2.34. The molecule has 5 heteroatoms. The molecule has 5 nitrogen and oxygen atoms in total. The average molecular weight is 262 g/mol. The maximum Gasteiger partial charge on any atom is 0.332 e. The zero-order valence-corrected chi connectivity index (χ0v) is 11.8. The van der Waals surface area contributed by atoms with E-state index in [1.165, 1.54) is 4.90 Å². The Labute approximate surface area is 114 Å². The van der Waals surface area contributed by atoms with Crippen LogP contribution in [0.3, 0.4) is 0 Å². The molecule has 0 N–H and O–H groups in total. The molecule has 1 aromatic rings. The number of nitrogens with zero attached hydrogens (tertiary/aromatic N) is 3. The van der Waals surface area contributed by atoms with Crippen molar-refractivity contribution >= 4 is 18.1 Å². The van der Waals surface area contributed by atoms with Gasteiger partial charge in [-0.1, -0.05) is 25.1 Å². The number of amides is 3. The summed E-state index contributed by atoms with van der Waals surface area (Å²) in [6.45, 7) is 1.99. The highest BCUT2D eigenvalue weighted by Crippen LogP contribution is 2.15. The lowest BCUT2D eigenvalue weighted by Crippen LogP contribution is -2.50. The van der Waals surface area contributed by atoms with Gasteiger partial charge in [0.15, 0.2) is 0 Å². The van der Waals surface area contributed by atoms with Gasteiger partial charge in [-0.15, -0.1) is 0 Å². The molecule has 0 saturated carbocycles. The minimum atomic E-state index is -0.387. The Bertz CT molecular complexity index is 420. The molecular weight excluding hydrogens is 242 g/mol. The van der Waals surface area contributed by atoms with Crippen LogP contribution in [0, 0.1) is 0 Å². The van der Waals surface area contributed by atoms with Gasteiger partial charge in [0.05, 0.1) is 11.9 Å². The van der Waals surface area contributed by atoms with Crippen molar-refractivity contribution in [1.82, 2.24) is 9.80 Å². The third kappa shape index (κ3) is 3.54. The molecule has 0 bridgehead atoms. The van der Waals surface area contributed by atoms with Gasteiger partial charge in [-0.05, 0) is 32.6 Å². The number of hydrogen-bond acceptors (Lipinski definition) is 3. The van der Waals surface area contributed by atoms with E-state index >= 15 is 0 Å². The molecule has 0 saturated heterocycles. The highest BCUT2D eigenvalue weighted by Gasteiger charge is 2.26. The number of carbonyl (C=O) groups is 1. The van der Waals surface area contributed by atoms with Crippen LogP contribution in [0.2, 0.25) is 0 Å². The number of urea groups is 1. The summed E-state index contributed by atoms with van der Waals surface area (Å²) >= 11 is 0. The summed E-state index contributed by atoms with van der Waals surface area (Å²) in [5.41, 5.74) is 0.517. The fourth-order valence-corrected chi connectivity index (χ4v) is 2.05. The van der Waals surface area contributed by atoms with Crippen molar-refractivity contribution < 1.29 is 9.59 Å². The Hall–Kier alpha value is -1.88. The van der Waals surface area contributed by atoms with E-state index in [9.17, 15) is 9.59 Å². The molecule has 1 unspecified atom stereocenters. The van der Waals surface area contributed by atoms with Crippen molar-refractivity contribution in [3.8, 4) is 0 Å². The molecule has 3 amide bonds. The van der Waals surface area contributed by atoms with E-state index in [4.69, 9.17) is 0 Å². The van der Waals surface area contributed by atoms with Gasteiger partial charge in [0.2, 0.25) is 0 Å². The van der Waals surface area contributed by atoms with E-state index in [2.05, 4.69) is 0 Å². The first kappa shape index (κ1) is 15.2. The summed E-state index contributed by atoms with van der Waals surface area (Å²) in [4.78, 5) is 27.9. The second-order valence-corrected chi connectivity index (χ2v) is 4.51. The third-order valence-corrected chi connectivity index (χ3v) is 3.01. The predicted octanol–water partition coefficient (Wildman–Crippen LogP) is 1.91. The molecule has 1 radical (unpaired) electrons. The van der Waals surface area contributed by atoms with Gasteiger partial charge < -0.3 is 4.90 Å². The zero-order chi connectivity index (χ0) is 14.4. The average Bonchev–Trinajstić information content (AvgIpc) is 2.41. The number of para-hydroxylation sites is 1. The Kier molecular flexibility index (Phi) is 5.51. The molecule has 0 aliphatic carbocycles. The quantitative estimate of drug-likeness (QED) is 0.601. The topological polar surface area (TPSA) is 43.9 Å². The van der Waals surface area contributed by atoms with Crippen molar-refractivity contribution in [3.05, 3.63) is 30.3 Å². The molecule has 0 aliphatic heterocycles. The Morgan fingerprint density at radius 2 is 1.79 bits per heavy atom. The SMILES string of the molecule is CCC(N(C)C)N(C)C(=O)N([C]=O)c1ccccc1. The van der Waals surface area contributed by atoms with Crippen LogP contribution in [0.5, 0.6) is 0 Å². The molecule has 19 heavy (non-hydrogen) atoms. The second kappa shape index (κ2) is 6.89. The number of carbonyl (C=O) groups excluding carboxylic acids is 2. The number of benzene rings is 1. The van der Waals surface area contributed by atoms with E-state index in [0.717, 1.165) is 11.3 Å². The van der Waals surface area contributed by atoms with Gasteiger partial charge >= 0.3 is 12.4 Å². The zero-order valence-electron chi connectivity index (χ0n) is 11.8. The van der Waals surface area contributed by atoms with Crippen molar-refractivity contribution in [3.63, 3.8) is 0 Å². The van der Waals surface area contributed by atoms with Crippen LogP contribution in [0.1, 0.15) is 13.3 Å². The Morgan fingerprint density at radius 3 is 2.21 bits per heavy atom. The van der Waals surface area contributed by atoms with Crippen LogP contribution in [0.15, 0.2) is 30.3 Å². The van der Waals surface area contributed by atoms with E-state index in [1.54, 1.807) is 37.7 Å². The van der Waals surface area contributed by atoms with Crippen molar-refractivity contribution in [2.24, 2.45) is 0 Å². The number of hydrogen-bond donors (Lipinski definition) is 0. The van der Waals surface area contributed by atoms with Crippen LogP contribution >= 0.6 is 0 Å². The lowest BCUT2D eigenvalue weighted by atomic mass is 10.3. The molecule has 0 fully saturated rings. The number of rotatable bonds is 5. The first-order chi connectivity index (χ1) is 9.02. The summed E-state index contributed by atoms with van der Waals surface area (Å²) in [6.07, 6.45) is 2.40. The second-order valence-electron chi connectivity index (χ2n) is 4.51. The fourth-order valence-electron chi connectivity index (χ4n) is 2.05. The summed E-state index contributed by atoms with van der Waals surface area (Å²) < 4.78 is 0. The predicted molar refractivity (Wildman–Crippen MR) is 75.5 cm³/mol. The van der Waals surface area contributed by atoms with Gasteiger partial charge in [0.1, 0.15) is 0 Å². The molecular formula is C14H20N3O2. The highest BCUT2D eigenvalue weighted by molar-refractivity contribution is 6.06. The largest absolute Gasteiger partial charge is 0.332 e. The Morgan fingerprint density at radius 1 is 1.21 bits per heavy atom. The summed E-state index contributed by atoms with van der Waals surface area (Å²) in [6, 6.07) is 8.39. The number of anilines is 1. The highest BCUT2D eigenvalue weighted by atomic mass is 16.2. The van der Waals surface area contributed by atoms with Crippen molar-refractivity contribution in [1.29, 1.82) is 0 Å². The molecule has 0 heterocycles. The molecule has 0 aromatic heterocycles. The lowest BCUT2D eigenvalue weighted by molar-refractivity contribution is 0.122. The smallest absolute Gasteiger partial charge is 0.311 e. The van der Waals surface area contributed by atoms with E-state index in [-0.39, 0.29) is 12.2 Å². The molecule has 0 spiro atoms. The van der Waals surface area contributed by atoms with Crippen LogP contribution in [0.25, 0.3) is 0 Å². The van der Waals surface area contributed by atoms with Gasteiger partial charge in [-0.3, -0.25) is 9.69 Å². The fraction of sp³-hybridized carbons (Fsp3) is 0.429. The first-order valence-electron chi connectivity index (χ1n) is 6.19. The molecule has 0 aliphatic rings.